The summed E-state index contributed by atoms with van der Waals surface area (Å²) in [6.45, 7) is 13.3. The summed E-state index contributed by atoms with van der Waals surface area (Å²) in [6, 6.07) is 0.513. The molecular formula is C10H20Cl3NSi2. The molecule has 0 heterocycles. The van der Waals surface area contributed by atoms with E-state index in [1.54, 1.807) is 11.4 Å². The normalized spacial score (nSPS) is 13.6. The van der Waals surface area contributed by atoms with Gasteiger partial charge in [-0.2, -0.15) is 11.1 Å². The third kappa shape index (κ3) is 3.15. The molecule has 0 fully saturated rings. The van der Waals surface area contributed by atoms with Crippen molar-refractivity contribution in [1.82, 2.24) is 4.57 Å². The minimum Gasteiger partial charge on any atom is -0.297 e. The van der Waals surface area contributed by atoms with Gasteiger partial charge in [0, 0.05) is 0 Å². The first-order chi connectivity index (χ1) is 7.14. The van der Waals surface area contributed by atoms with Gasteiger partial charge in [-0.25, -0.2) is 0 Å². The summed E-state index contributed by atoms with van der Waals surface area (Å²) in [5, 5.41) is 0. The molecule has 0 aromatic heterocycles. The van der Waals surface area contributed by atoms with Gasteiger partial charge >= 0.3 is 6.37 Å². The topological polar surface area (TPSA) is 3.24 Å². The number of halogens is 3. The van der Waals surface area contributed by atoms with E-state index in [2.05, 4.69) is 45.4 Å². The quantitative estimate of drug-likeness (QED) is 0.523. The number of nitrogens with zero attached hydrogens (tertiary/aromatic N) is 1. The van der Waals surface area contributed by atoms with Crippen molar-refractivity contribution in [2.75, 3.05) is 0 Å². The van der Waals surface area contributed by atoms with Crippen molar-refractivity contribution in [2.24, 2.45) is 0 Å². The van der Waals surface area contributed by atoms with Crippen LogP contribution in [0.4, 0.5) is 0 Å². The molecular weight excluding hydrogens is 297 g/mol. The van der Waals surface area contributed by atoms with Crippen molar-refractivity contribution in [3.05, 3.63) is 24.6 Å². The summed E-state index contributed by atoms with van der Waals surface area (Å²) >= 11 is 19.8. The molecule has 16 heavy (non-hydrogen) atoms. The molecule has 0 saturated carbocycles. The maximum Gasteiger partial charge on any atom is 0.334 e. The Balaban J connectivity index is 5.43. The molecule has 1 nitrogen and oxygen atoms in total. The fraction of sp³-hybridized carbons (Fsp3) is 0.600. The molecule has 0 aliphatic rings. The summed E-state index contributed by atoms with van der Waals surface area (Å²) in [5.74, 6) is 0. The first-order valence-corrected chi connectivity index (χ1v) is 13.4. The van der Waals surface area contributed by atoms with Gasteiger partial charge < -0.3 is 0 Å². The van der Waals surface area contributed by atoms with E-state index in [0.717, 1.165) is 0 Å². The zero-order valence-electron chi connectivity index (χ0n) is 10.3. The Labute approximate surface area is 115 Å². The Morgan fingerprint density at radius 3 is 1.44 bits per heavy atom. The van der Waals surface area contributed by atoms with Gasteiger partial charge in [0.25, 0.3) is 0 Å². The van der Waals surface area contributed by atoms with E-state index in [1.807, 2.05) is 0 Å². The van der Waals surface area contributed by atoms with E-state index in [0.29, 0.717) is 0 Å². The van der Waals surface area contributed by atoms with Crippen LogP contribution >= 0.6 is 33.2 Å². The van der Waals surface area contributed by atoms with Crippen molar-refractivity contribution in [1.29, 1.82) is 0 Å². The fourth-order valence-electron chi connectivity index (χ4n) is 1.77. The van der Waals surface area contributed by atoms with E-state index < -0.39 is 13.3 Å². The second kappa shape index (κ2) is 6.07. The van der Waals surface area contributed by atoms with Gasteiger partial charge in [0.05, 0.1) is 0 Å². The van der Waals surface area contributed by atoms with Crippen LogP contribution in [0.2, 0.25) is 0 Å². The Morgan fingerprint density at radius 2 is 1.25 bits per heavy atom. The lowest BCUT2D eigenvalue weighted by Crippen LogP contribution is -2.65. The molecule has 94 valence electrons. The van der Waals surface area contributed by atoms with Crippen LogP contribution in [0.15, 0.2) is 24.6 Å². The van der Waals surface area contributed by atoms with Gasteiger partial charge in [-0.05, 0) is 12.1 Å². The zero-order valence-corrected chi connectivity index (χ0v) is 14.6. The molecule has 0 rings (SSSR count). The lowest BCUT2D eigenvalue weighted by atomic mass is 10.3. The second-order valence-electron chi connectivity index (χ2n) is 4.31. The molecule has 0 aromatic carbocycles. The number of hydrogen-bond donors (Lipinski definition) is 0. The van der Waals surface area contributed by atoms with Gasteiger partial charge in [-0.15, -0.1) is 35.3 Å². The molecule has 0 N–H and O–H groups in total. The first kappa shape index (κ1) is 16.7. The van der Waals surface area contributed by atoms with Crippen molar-refractivity contribution in [2.45, 2.75) is 39.8 Å². The SMILES string of the molecule is C=C[Si](Cl)(C=C)[Si](Cl)(Cl)N(C(C)C)C(C)C. The van der Waals surface area contributed by atoms with Crippen molar-refractivity contribution >= 4 is 46.5 Å². The highest BCUT2D eigenvalue weighted by molar-refractivity contribution is 7.84. The van der Waals surface area contributed by atoms with Crippen LogP contribution in [0.25, 0.3) is 0 Å². The van der Waals surface area contributed by atoms with Crippen LogP contribution in [-0.2, 0) is 0 Å². The highest BCUT2D eigenvalue weighted by Gasteiger charge is 2.56. The molecule has 0 amide bonds. The van der Waals surface area contributed by atoms with E-state index in [9.17, 15) is 0 Å². The van der Waals surface area contributed by atoms with Crippen LogP contribution in [0, 0.1) is 0 Å². The van der Waals surface area contributed by atoms with Gasteiger partial charge in [0.15, 0.2) is 0 Å². The summed E-state index contributed by atoms with van der Waals surface area (Å²) in [5.41, 5.74) is 3.43. The lowest BCUT2D eigenvalue weighted by Gasteiger charge is -2.43. The van der Waals surface area contributed by atoms with Gasteiger partial charge in [0.2, 0.25) is 6.90 Å². The number of hydrogen-bond acceptors (Lipinski definition) is 1. The largest absolute Gasteiger partial charge is 0.334 e. The molecule has 0 aliphatic carbocycles. The van der Waals surface area contributed by atoms with Crippen LogP contribution in [0.5, 0.6) is 0 Å². The molecule has 0 bridgehead atoms. The minimum atomic E-state index is -2.77. The second-order valence-corrected chi connectivity index (χ2v) is 21.5. The monoisotopic (exact) mass is 315 g/mol. The predicted molar refractivity (Wildman–Crippen MR) is 81.6 cm³/mol. The van der Waals surface area contributed by atoms with Crippen LogP contribution < -0.4 is 0 Å². The fourth-order valence-corrected chi connectivity index (χ4v) is 14.3. The summed E-state index contributed by atoms with van der Waals surface area (Å²) in [7, 11) is 0. The van der Waals surface area contributed by atoms with Gasteiger partial charge in [-0.1, -0.05) is 39.1 Å². The van der Waals surface area contributed by atoms with Gasteiger partial charge in [0.1, 0.15) is 0 Å². The highest BCUT2D eigenvalue weighted by Crippen LogP contribution is 2.37. The maximum absolute atomic E-state index is 6.62. The third-order valence-corrected chi connectivity index (χ3v) is 23.0. The van der Waals surface area contributed by atoms with Crippen LogP contribution in [-0.4, -0.2) is 29.9 Å². The molecule has 6 heteroatoms. The smallest absolute Gasteiger partial charge is 0.297 e. The first-order valence-electron chi connectivity index (χ1n) is 5.26. The Bertz CT molecular complexity index is 251. The van der Waals surface area contributed by atoms with Crippen LogP contribution in [0.3, 0.4) is 0 Å². The molecule has 0 atom stereocenters. The summed E-state index contributed by atoms with van der Waals surface area (Å²) in [4.78, 5) is 0. The Hall–Kier alpha value is 0.744. The van der Waals surface area contributed by atoms with E-state index in [4.69, 9.17) is 33.2 Å². The Kier molecular flexibility index (Phi) is 6.35. The Morgan fingerprint density at radius 1 is 0.938 bits per heavy atom. The third-order valence-electron chi connectivity index (χ3n) is 2.49. The molecule has 0 aliphatic heterocycles. The molecule has 0 unspecified atom stereocenters. The minimum absolute atomic E-state index is 0.257. The van der Waals surface area contributed by atoms with Crippen molar-refractivity contribution in [3.63, 3.8) is 0 Å². The van der Waals surface area contributed by atoms with E-state index in [1.165, 1.54) is 0 Å². The molecule has 0 saturated heterocycles. The van der Waals surface area contributed by atoms with Crippen molar-refractivity contribution in [3.8, 4) is 0 Å². The average molecular weight is 317 g/mol. The lowest BCUT2D eigenvalue weighted by molar-refractivity contribution is 0.310. The highest BCUT2D eigenvalue weighted by atomic mass is 35.7. The standard InChI is InChI=1S/C10H20Cl3NSi2/c1-7-15(11,8-2)16(12,13)14(9(3)4)10(5)6/h7-10H,1-2H2,3-6H3. The molecule has 0 spiro atoms. The molecule has 0 radical (unpaired) electrons. The zero-order chi connectivity index (χ0) is 13.1. The van der Waals surface area contributed by atoms with E-state index in [-0.39, 0.29) is 12.1 Å². The van der Waals surface area contributed by atoms with Crippen molar-refractivity contribution < 1.29 is 0 Å². The van der Waals surface area contributed by atoms with Crippen LogP contribution in [0.1, 0.15) is 27.7 Å². The average Bonchev–Trinajstić information content (AvgIpc) is 2.14. The predicted octanol–water partition coefficient (Wildman–Crippen LogP) is 4.23. The van der Waals surface area contributed by atoms with Gasteiger partial charge in [-0.3, -0.25) is 4.57 Å². The number of rotatable bonds is 6. The van der Waals surface area contributed by atoms with E-state index >= 15 is 0 Å². The maximum atomic E-state index is 6.62. The summed E-state index contributed by atoms with van der Waals surface area (Å²) < 4.78 is 2.12. The summed E-state index contributed by atoms with van der Waals surface area (Å²) in [6.07, 6.45) is -2.77. The molecule has 0 aromatic rings.